The first-order valence-electron chi connectivity index (χ1n) is 7.58. The van der Waals surface area contributed by atoms with Crippen molar-refractivity contribution in [2.24, 2.45) is 5.92 Å². The van der Waals surface area contributed by atoms with Crippen LogP contribution in [0.4, 0.5) is 0 Å². The highest BCUT2D eigenvalue weighted by Crippen LogP contribution is 2.26. The molecule has 4 heteroatoms. The van der Waals surface area contributed by atoms with E-state index in [2.05, 4.69) is 30.9 Å². The lowest BCUT2D eigenvalue weighted by atomic mass is 9.93. The standard InChI is InChI=1S/C17H25NO3/c1-12-8-15(9-13(2)17(12)21-3)11-18-6-4-14(5-7-18)10-16(19)20/h8-9,14H,4-7,10-11H2,1-3H3,(H,19,20). The Kier molecular flexibility index (Phi) is 5.23. The van der Waals surface area contributed by atoms with Crippen molar-refractivity contribution >= 4 is 5.97 Å². The van der Waals surface area contributed by atoms with Gasteiger partial charge in [0.1, 0.15) is 5.75 Å². The maximum atomic E-state index is 10.7. The Bertz CT molecular complexity index is 482. The topological polar surface area (TPSA) is 49.8 Å². The molecule has 0 unspecified atom stereocenters. The van der Waals surface area contributed by atoms with Gasteiger partial charge in [-0.2, -0.15) is 0 Å². The van der Waals surface area contributed by atoms with Crippen molar-refractivity contribution in [1.29, 1.82) is 0 Å². The van der Waals surface area contributed by atoms with Gasteiger partial charge < -0.3 is 9.84 Å². The fourth-order valence-electron chi connectivity index (χ4n) is 3.31. The van der Waals surface area contributed by atoms with Crippen LogP contribution in [0.25, 0.3) is 0 Å². The number of aryl methyl sites for hydroxylation is 2. The number of rotatable bonds is 5. The number of methoxy groups -OCH3 is 1. The number of nitrogens with zero attached hydrogens (tertiary/aromatic N) is 1. The summed E-state index contributed by atoms with van der Waals surface area (Å²) in [5.74, 6) is 0.645. The van der Waals surface area contributed by atoms with Gasteiger partial charge in [0.25, 0.3) is 0 Å². The van der Waals surface area contributed by atoms with Gasteiger partial charge in [0.15, 0.2) is 0 Å². The first kappa shape index (κ1) is 15.8. The van der Waals surface area contributed by atoms with Gasteiger partial charge in [-0.25, -0.2) is 0 Å². The summed E-state index contributed by atoms with van der Waals surface area (Å²) in [6, 6.07) is 4.38. The molecule has 1 heterocycles. The maximum absolute atomic E-state index is 10.7. The molecular weight excluding hydrogens is 266 g/mol. The van der Waals surface area contributed by atoms with Gasteiger partial charge in [-0.05, 0) is 62.4 Å². The number of benzene rings is 1. The molecule has 4 nitrogen and oxygen atoms in total. The molecule has 1 aliphatic heterocycles. The molecule has 0 radical (unpaired) electrons. The molecule has 1 aliphatic rings. The second-order valence-corrected chi connectivity index (χ2v) is 6.08. The van der Waals surface area contributed by atoms with Crippen LogP contribution in [-0.4, -0.2) is 36.2 Å². The average Bonchev–Trinajstić information content (AvgIpc) is 2.40. The fourth-order valence-corrected chi connectivity index (χ4v) is 3.31. The number of piperidine rings is 1. The number of hydrogen-bond acceptors (Lipinski definition) is 3. The smallest absolute Gasteiger partial charge is 0.303 e. The van der Waals surface area contributed by atoms with Crippen LogP contribution in [0.3, 0.4) is 0 Å². The number of carbonyl (C=O) groups is 1. The first-order valence-corrected chi connectivity index (χ1v) is 7.58. The predicted octanol–water partition coefficient (Wildman–Crippen LogP) is 3.00. The maximum Gasteiger partial charge on any atom is 0.303 e. The van der Waals surface area contributed by atoms with Gasteiger partial charge in [-0.3, -0.25) is 9.69 Å². The zero-order chi connectivity index (χ0) is 15.4. The Morgan fingerprint density at radius 1 is 1.29 bits per heavy atom. The van der Waals surface area contributed by atoms with Crippen LogP contribution < -0.4 is 4.74 Å². The van der Waals surface area contributed by atoms with Crippen LogP contribution in [-0.2, 0) is 11.3 Å². The van der Waals surface area contributed by atoms with Crippen molar-refractivity contribution in [3.63, 3.8) is 0 Å². The summed E-state index contributed by atoms with van der Waals surface area (Å²) in [6.07, 6.45) is 2.29. The molecule has 1 aromatic carbocycles. The monoisotopic (exact) mass is 291 g/mol. The van der Waals surface area contributed by atoms with Crippen molar-refractivity contribution in [2.45, 2.75) is 39.7 Å². The molecule has 1 saturated heterocycles. The van der Waals surface area contributed by atoms with Crippen molar-refractivity contribution in [3.8, 4) is 5.75 Å². The van der Waals surface area contributed by atoms with E-state index in [0.717, 1.165) is 38.2 Å². The van der Waals surface area contributed by atoms with Crippen LogP contribution in [0.5, 0.6) is 5.75 Å². The van der Waals surface area contributed by atoms with Gasteiger partial charge in [0.2, 0.25) is 0 Å². The molecule has 0 saturated carbocycles. The summed E-state index contributed by atoms with van der Waals surface area (Å²) in [5, 5.41) is 8.85. The number of hydrogen-bond donors (Lipinski definition) is 1. The molecular formula is C17H25NO3. The lowest BCUT2D eigenvalue weighted by Crippen LogP contribution is -2.33. The molecule has 0 amide bonds. The molecule has 1 aromatic rings. The van der Waals surface area contributed by atoms with Gasteiger partial charge in [0, 0.05) is 13.0 Å². The van der Waals surface area contributed by atoms with Crippen molar-refractivity contribution in [3.05, 3.63) is 28.8 Å². The summed E-state index contributed by atoms with van der Waals surface area (Å²) < 4.78 is 5.40. The van der Waals surface area contributed by atoms with E-state index in [1.807, 2.05) is 0 Å². The summed E-state index contributed by atoms with van der Waals surface area (Å²) >= 11 is 0. The molecule has 0 atom stereocenters. The molecule has 1 N–H and O–H groups in total. The van der Waals surface area contributed by atoms with Gasteiger partial charge in [-0.15, -0.1) is 0 Å². The molecule has 116 valence electrons. The number of ether oxygens (including phenoxy) is 1. The van der Waals surface area contributed by atoms with E-state index in [1.54, 1.807) is 7.11 Å². The second-order valence-electron chi connectivity index (χ2n) is 6.08. The van der Waals surface area contributed by atoms with Crippen LogP contribution in [0, 0.1) is 19.8 Å². The molecule has 0 spiro atoms. The third-order valence-corrected chi connectivity index (χ3v) is 4.30. The largest absolute Gasteiger partial charge is 0.496 e. The van der Waals surface area contributed by atoms with Crippen LogP contribution in [0.1, 0.15) is 36.0 Å². The second kappa shape index (κ2) is 6.94. The Balaban J connectivity index is 1.93. The Morgan fingerprint density at radius 2 is 1.86 bits per heavy atom. The van der Waals surface area contributed by atoms with Crippen molar-refractivity contribution in [1.82, 2.24) is 4.90 Å². The Hall–Kier alpha value is -1.55. The minimum atomic E-state index is -0.671. The molecule has 0 aromatic heterocycles. The van der Waals surface area contributed by atoms with Crippen LogP contribution >= 0.6 is 0 Å². The molecule has 21 heavy (non-hydrogen) atoms. The summed E-state index contributed by atoms with van der Waals surface area (Å²) in [6.45, 7) is 7.07. The third-order valence-electron chi connectivity index (χ3n) is 4.30. The number of aliphatic carboxylic acids is 1. The zero-order valence-electron chi connectivity index (χ0n) is 13.2. The van der Waals surface area contributed by atoms with E-state index < -0.39 is 5.97 Å². The highest BCUT2D eigenvalue weighted by molar-refractivity contribution is 5.67. The zero-order valence-corrected chi connectivity index (χ0v) is 13.2. The van der Waals surface area contributed by atoms with E-state index in [-0.39, 0.29) is 0 Å². The van der Waals surface area contributed by atoms with Crippen LogP contribution in [0.15, 0.2) is 12.1 Å². The predicted molar refractivity (Wildman–Crippen MR) is 82.7 cm³/mol. The average molecular weight is 291 g/mol. The molecule has 0 aliphatic carbocycles. The minimum absolute atomic E-state index is 0.314. The SMILES string of the molecule is COc1c(C)cc(CN2CCC(CC(=O)O)CC2)cc1C. The van der Waals surface area contributed by atoms with Gasteiger partial charge >= 0.3 is 5.97 Å². The van der Waals surface area contributed by atoms with Crippen molar-refractivity contribution in [2.75, 3.05) is 20.2 Å². The third kappa shape index (κ3) is 4.21. The molecule has 1 fully saturated rings. The number of carboxylic acids is 1. The Morgan fingerprint density at radius 3 is 2.33 bits per heavy atom. The normalized spacial score (nSPS) is 16.9. The number of likely N-dealkylation sites (tertiary alicyclic amines) is 1. The van der Waals surface area contributed by atoms with E-state index in [9.17, 15) is 4.79 Å². The molecule has 0 bridgehead atoms. The van der Waals surface area contributed by atoms with Gasteiger partial charge in [0.05, 0.1) is 7.11 Å². The van der Waals surface area contributed by atoms with Gasteiger partial charge in [-0.1, -0.05) is 12.1 Å². The van der Waals surface area contributed by atoms with E-state index >= 15 is 0 Å². The molecule has 2 rings (SSSR count). The first-order chi connectivity index (χ1) is 9.99. The Labute approximate surface area is 126 Å². The lowest BCUT2D eigenvalue weighted by Gasteiger charge is -2.31. The van der Waals surface area contributed by atoms with E-state index in [0.29, 0.717) is 12.3 Å². The fraction of sp³-hybridized carbons (Fsp3) is 0.588. The minimum Gasteiger partial charge on any atom is -0.496 e. The summed E-state index contributed by atoms with van der Waals surface area (Å²) in [5.41, 5.74) is 3.66. The van der Waals surface area contributed by atoms with E-state index in [1.165, 1.54) is 16.7 Å². The van der Waals surface area contributed by atoms with Crippen LogP contribution in [0.2, 0.25) is 0 Å². The summed E-state index contributed by atoms with van der Waals surface area (Å²) in [4.78, 5) is 13.2. The lowest BCUT2D eigenvalue weighted by molar-refractivity contribution is -0.138. The van der Waals surface area contributed by atoms with Crippen molar-refractivity contribution < 1.29 is 14.6 Å². The highest BCUT2D eigenvalue weighted by atomic mass is 16.5. The highest BCUT2D eigenvalue weighted by Gasteiger charge is 2.21. The summed E-state index contributed by atoms with van der Waals surface area (Å²) in [7, 11) is 1.71. The quantitative estimate of drug-likeness (QED) is 0.906. The van der Waals surface area contributed by atoms with E-state index in [4.69, 9.17) is 9.84 Å². The number of carboxylic acid groups (broad SMARTS) is 1.